The number of benzene rings is 2. The summed E-state index contributed by atoms with van der Waals surface area (Å²) in [6.45, 7) is 0.515. The number of nitrogens with one attached hydrogen (secondary N) is 1. The van der Waals surface area contributed by atoms with Crippen LogP contribution in [-0.4, -0.2) is 28.6 Å². The number of carbonyl (C=O) groups excluding carboxylic acids is 1. The number of rotatable bonds is 7. The van der Waals surface area contributed by atoms with Gasteiger partial charge in [-0.3, -0.25) is 4.79 Å². The third-order valence-corrected chi connectivity index (χ3v) is 3.51. The molecular formula is C18H19NO4. The highest BCUT2D eigenvalue weighted by atomic mass is 16.4. The number of carboxylic acid groups (broad SMARTS) is 1. The van der Waals surface area contributed by atoms with Gasteiger partial charge >= 0.3 is 5.97 Å². The first-order valence-electron chi connectivity index (χ1n) is 7.41. The topological polar surface area (TPSA) is 86.6 Å². The molecule has 0 fully saturated rings. The Bertz CT molecular complexity index is 662. The third kappa shape index (κ3) is 5.47. The second kappa shape index (κ2) is 7.98. The maximum absolute atomic E-state index is 11.8. The van der Waals surface area contributed by atoms with Crippen molar-refractivity contribution < 1.29 is 19.8 Å². The van der Waals surface area contributed by atoms with Gasteiger partial charge in [-0.1, -0.05) is 24.3 Å². The molecule has 0 atom stereocenters. The van der Waals surface area contributed by atoms with Crippen LogP contribution in [0.15, 0.2) is 48.5 Å². The summed E-state index contributed by atoms with van der Waals surface area (Å²) in [4.78, 5) is 22.5. The number of hydrogen-bond donors (Lipinski definition) is 3. The Labute approximate surface area is 134 Å². The second-order valence-electron chi connectivity index (χ2n) is 5.27. The zero-order valence-corrected chi connectivity index (χ0v) is 12.7. The van der Waals surface area contributed by atoms with Crippen LogP contribution in [0.3, 0.4) is 0 Å². The van der Waals surface area contributed by atoms with Crippen molar-refractivity contribution in [2.75, 3.05) is 6.54 Å². The highest BCUT2D eigenvalue weighted by Gasteiger charge is 2.04. The largest absolute Gasteiger partial charge is 0.508 e. The maximum Gasteiger partial charge on any atom is 0.335 e. The van der Waals surface area contributed by atoms with E-state index in [1.54, 1.807) is 48.5 Å². The maximum atomic E-state index is 11.8. The van der Waals surface area contributed by atoms with Gasteiger partial charge in [0.2, 0.25) is 5.91 Å². The molecule has 5 heteroatoms. The third-order valence-electron chi connectivity index (χ3n) is 3.51. The second-order valence-corrected chi connectivity index (χ2v) is 5.27. The van der Waals surface area contributed by atoms with Gasteiger partial charge in [0.15, 0.2) is 0 Å². The van der Waals surface area contributed by atoms with E-state index >= 15 is 0 Å². The van der Waals surface area contributed by atoms with E-state index in [1.165, 1.54) is 0 Å². The molecule has 0 unspecified atom stereocenters. The van der Waals surface area contributed by atoms with Crippen LogP contribution >= 0.6 is 0 Å². The number of phenolic OH excluding ortho intramolecular Hbond substituents is 1. The molecule has 23 heavy (non-hydrogen) atoms. The molecule has 0 spiro atoms. The Morgan fingerprint density at radius 1 is 0.870 bits per heavy atom. The van der Waals surface area contributed by atoms with Gasteiger partial charge in [-0.25, -0.2) is 4.79 Å². The van der Waals surface area contributed by atoms with Gasteiger partial charge in [0.05, 0.1) is 5.56 Å². The van der Waals surface area contributed by atoms with Crippen LogP contribution < -0.4 is 5.32 Å². The highest BCUT2D eigenvalue weighted by Crippen LogP contribution is 2.11. The molecule has 2 aromatic rings. The first-order valence-corrected chi connectivity index (χ1v) is 7.41. The molecule has 2 aromatic carbocycles. The zero-order valence-electron chi connectivity index (χ0n) is 12.7. The first-order chi connectivity index (χ1) is 11.0. The zero-order chi connectivity index (χ0) is 16.7. The fraction of sp³-hybridized carbons (Fsp3) is 0.222. The predicted molar refractivity (Wildman–Crippen MR) is 86.5 cm³/mol. The summed E-state index contributed by atoms with van der Waals surface area (Å²) in [6, 6.07) is 13.4. The fourth-order valence-electron chi connectivity index (χ4n) is 2.17. The lowest BCUT2D eigenvalue weighted by Crippen LogP contribution is -2.25. The van der Waals surface area contributed by atoms with Gasteiger partial charge in [-0.05, 0) is 48.2 Å². The number of aromatic hydroxyl groups is 1. The standard InChI is InChI=1S/C18H19NO4/c20-16-8-3-13(4-9-16)5-10-17(21)19-12-11-14-1-6-15(7-2-14)18(22)23/h1-4,6-9,20H,5,10-12H2,(H,19,21)(H,22,23). The Morgan fingerprint density at radius 2 is 1.43 bits per heavy atom. The molecule has 3 N–H and O–H groups in total. The summed E-state index contributed by atoms with van der Waals surface area (Å²) in [5.74, 6) is -0.758. The van der Waals surface area contributed by atoms with Gasteiger partial charge < -0.3 is 15.5 Å². The average Bonchev–Trinajstić information content (AvgIpc) is 2.55. The van der Waals surface area contributed by atoms with Crippen molar-refractivity contribution in [2.45, 2.75) is 19.3 Å². The Morgan fingerprint density at radius 3 is 2.04 bits per heavy atom. The van der Waals surface area contributed by atoms with E-state index in [9.17, 15) is 14.7 Å². The Hall–Kier alpha value is -2.82. The molecule has 0 aromatic heterocycles. The molecule has 2 rings (SSSR count). The molecule has 0 heterocycles. The lowest BCUT2D eigenvalue weighted by Gasteiger charge is -2.06. The minimum Gasteiger partial charge on any atom is -0.508 e. The molecule has 0 aliphatic heterocycles. The van der Waals surface area contributed by atoms with E-state index in [2.05, 4.69) is 5.32 Å². The molecule has 1 amide bonds. The van der Waals surface area contributed by atoms with Gasteiger partial charge in [0, 0.05) is 13.0 Å². The molecule has 0 saturated carbocycles. The molecular weight excluding hydrogens is 294 g/mol. The fourth-order valence-corrected chi connectivity index (χ4v) is 2.17. The number of phenols is 1. The van der Waals surface area contributed by atoms with Crippen LogP contribution in [0.5, 0.6) is 5.75 Å². The summed E-state index contributed by atoms with van der Waals surface area (Å²) >= 11 is 0. The molecule has 120 valence electrons. The van der Waals surface area contributed by atoms with Crippen molar-refractivity contribution in [2.24, 2.45) is 0 Å². The van der Waals surface area contributed by atoms with Crippen molar-refractivity contribution in [3.63, 3.8) is 0 Å². The van der Waals surface area contributed by atoms with Crippen molar-refractivity contribution in [3.05, 3.63) is 65.2 Å². The molecule has 5 nitrogen and oxygen atoms in total. The van der Waals surface area contributed by atoms with Crippen molar-refractivity contribution in [1.29, 1.82) is 0 Å². The van der Waals surface area contributed by atoms with Gasteiger partial charge in [0.1, 0.15) is 5.75 Å². The monoisotopic (exact) mass is 313 g/mol. The smallest absolute Gasteiger partial charge is 0.335 e. The van der Waals surface area contributed by atoms with Crippen LogP contribution in [0.25, 0.3) is 0 Å². The SMILES string of the molecule is O=C(CCc1ccc(O)cc1)NCCc1ccc(C(=O)O)cc1. The minimum absolute atomic E-state index is 0.0276. The van der Waals surface area contributed by atoms with Crippen LogP contribution in [0.4, 0.5) is 0 Å². The van der Waals surface area contributed by atoms with Gasteiger partial charge in [-0.2, -0.15) is 0 Å². The van der Waals surface area contributed by atoms with E-state index in [0.29, 0.717) is 25.8 Å². The number of carbonyl (C=O) groups is 2. The lowest BCUT2D eigenvalue weighted by atomic mass is 10.1. The van der Waals surface area contributed by atoms with Gasteiger partial charge in [0.25, 0.3) is 0 Å². The summed E-state index contributed by atoms with van der Waals surface area (Å²) in [5.41, 5.74) is 2.24. The molecule has 0 aliphatic carbocycles. The number of carboxylic acids is 1. The van der Waals surface area contributed by atoms with Crippen LogP contribution in [0, 0.1) is 0 Å². The van der Waals surface area contributed by atoms with E-state index in [0.717, 1.165) is 11.1 Å². The Kier molecular flexibility index (Phi) is 5.74. The van der Waals surface area contributed by atoms with Crippen LogP contribution in [-0.2, 0) is 17.6 Å². The molecule has 0 saturated heterocycles. The Balaban J connectivity index is 1.70. The number of aromatic carboxylic acids is 1. The van der Waals surface area contributed by atoms with E-state index in [-0.39, 0.29) is 17.2 Å². The summed E-state index contributed by atoms with van der Waals surface area (Å²) in [7, 11) is 0. The number of amides is 1. The van der Waals surface area contributed by atoms with Crippen LogP contribution in [0.1, 0.15) is 27.9 Å². The molecule has 0 aliphatic rings. The first kappa shape index (κ1) is 16.5. The van der Waals surface area contributed by atoms with Crippen molar-refractivity contribution in [3.8, 4) is 5.75 Å². The predicted octanol–water partition coefficient (Wildman–Crippen LogP) is 2.38. The van der Waals surface area contributed by atoms with Crippen molar-refractivity contribution in [1.82, 2.24) is 5.32 Å². The number of hydrogen-bond acceptors (Lipinski definition) is 3. The van der Waals surface area contributed by atoms with E-state index in [1.807, 2.05) is 0 Å². The normalized spacial score (nSPS) is 10.3. The van der Waals surface area contributed by atoms with Gasteiger partial charge in [-0.15, -0.1) is 0 Å². The minimum atomic E-state index is -0.945. The lowest BCUT2D eigenvalue weighted by molar-refractivity contribution is -0.121. The van der Waals surface area contributed by atoms with E-state index < -0.39 is 5.97 Å². The number of aryl methyl sites for hydroxylation is 1. The van der Waals surface area contributed by atoms with Crippen molar-refractivity contribution >= 4 is 11.9 Å². The van der Waals surface area contributed by atoms with E-state index in [4.69, 9.17) is 5.11 Å². The molecule has 0 radical (unpaired) electrons. The van der Waals surface area contributed by atoms with Crippen LogP contribution in [0.2, 0.25) is 0 Å². The summed E-state index contributed by atoms with van der Waals surface area (Å²) in [5, 5.41) is 20.9. The molecule has 0 bridgehead atoms. The quantitative estimate of drug-likeness (QED) is 0.732. The highest BCUT2D eigenvalue weighted by molar-refractivity contribution is 5.87. The summed E-state index contributed by atoms with van der Waals surface area (Å²) in [6.07, 6.45) is 1.67. The average molecular weight is 313 g/mol. The summed E-state index contributed by atoms with van der Waals surface area (Å²) < 4.78 is 0.